The summed E-state index contributed by atoms with van der Waals surface area (Å²) < 4.78 is 0.956. The number of nitrogens with zero attached hydrogens (tertiary/aromatic N) is 2. The Balaban J connectivity index is 1.84. The normalized spacial score (nSPS) is 11.6. The van der Waals surface area contributed by atoms with Gasteiger partial charge in [-0.2, -0.15) is 5.10 Å². The maximum absolute atomic E-state index is 13.0. The maximum Gasteiger partial charge on any atom is 0.287 e. The van der Waals surface area contributed by atoms with Crippen molar-refractivity contribution in [3.63, 3.8) is 0 Å². The number of rotatable bonds is 7. The molecule has 0 atom stereocenters. The standard InChI is InChI=1S/C26H25BrN4O2/c1-18(20-11-13-22(27)14-12-20)29-30-26(33)24(28-25(32)21-7-5-4-6-8-21)17-19-9-15-23(16-10-19)31(2)3/h4-17H,1-3H3,(H,28,32)(H,30,33)/b24-17+,29-18?. The Morgan fingerprint density at radius 2 is 1.52 bits per heavy atom. The highest BCUT2D eigenvalue weighted by Gasteiger charge is 2.14. The van der Waals surface area contributed by atoms with Gasteiger partial charge in [-0.25, -0.2) is 5.43 Å². The molecule has 0 saturated heterocycles. The molecule has 0 aromatic heterocycles. The molecule has 0 bridgehead atoms. The lowest BCUT2D eigenvalue weighted by Gasteiger charge is -2.13. The van der Waals surface area contributed by atoms with E-state index >= 15 is 0 Å². The smallest absolute Gasteiger partial charge is 0.287 e. The lowest BCUT2D eigenvalue weighted by molar-refractivity contribution is -0.117. The fraction of sp³-hybridized carbons (Fsp3) is 0.115. The van der Waals surface area contributed by atoms with E-state index in [9.17, 15) is 9.59 Å². The highest BCUT2D eigenvalue weighted by atomic mass is 79.9. The van der Waals surface area contributed by atoms with Crippen LogP contribution in [0.25, 0.3) is 6.08 Å². The van der Waals surface area contributed by atoms with E-state index in [0.29, 0.717) is 11.3 Å². The second kappa shape index (κ2) is 11.2. The van der Waals surface area contributed by atoms with Gasteiger partial charge in [-0.15, -0.1) is 0 Å². The van der Waals surface area contributed by atoms with Crippen molar-refractivity contribution in [2.24, 2.45) is 5.10 Å². The molecule has 0 radical (unpaired) electrons. The van der Waals surface area contributed by atoms with Crippen molar-refractivity contribution in [2.45, 2.75) is 6.92 Å². The Labute approximate surface area is 202 Å². The van der Waals surface area contributed by atoms with Crippen LogP contribution in [0.4, 0.5) is 5.69 Å². The fourth-order valence-electron chi connectivity index (χ4n) is 2.93. The first-order chi connectivity index (χ1) is 15.8. The van der Waals surface area contributed by atoms with Crippen LogP contribution in [0, 0.1) is 0 Å². The zero-order chi connectivity index (χ0) is 23.8. The summed E-state index contributed by atoms with van der Waals surface area (Å²) in [6.45, 7) is 1.80. The Morgan fingerprint density at radius 1 is 0.879 bits per heavy atom. The Bertz CT molecular complexity index is 1170. The SMILES string of the molecule is CC(=NNC(=O)/C(=C\c1ccc(N(C)C)cc1)NC(=O)c1ccccc1)c1ccc(Br)cc1. The molecule has 0 heterocycles. The third-order valence-corrected chi connectivity index (χ3v) is 5.37. The van der Waals surface area contributed by atoms with Gasteiger partial charge in [0, 0.05) is 29.8 Å². The van der Waals surface area contributed by atoms with Gasteiger partial charge in [-0.3, -0.25) is 9.59 Å². The van der Waals surface area contributed by atoms with Crippen LogP contribution in [0.3, 0.4) is 0 Å². The lowest BCUT2D eigenvalue weighted by Crippen LogP contribution is -2.33. The topological polar surface area (TPSA) is 73.8 Å². The van der Waals surface area contributed by atoms with Gasteiger partial charge in [0.25, 0.3) is 11.8 Å². The molecule has 2 N–H and O–H groups in total. The number of amides is 2. The molecule has 0 unspecified atom stereocenters. The van der Waals surface area contributed by atoms with E-state index in [1.165, 1.54) is 0 Å². The molecule has 3 aromatic rings. The minimum absolute atomic E-state index is 0.0915. The predicted octanol–water partition coefficient (Wildman–Crippen LogP) is 4.83. The highest BCUT2D eigenvalue weighted by molar-refractivity contribution is 9.10. The van der Waals surface area contributed by atoms with E-state index in [0.717, 1.165) is 21.3 Å². The summed E-state index contributed by atoms with van der Waals surface area (Å²) in [6.07, 6.45) is 1.63. The summed E-state index contributed by atoms with van der Waals surface area (Å²) >= 11 is 3.40. The van der Waals surface area contributed by atoms with E-state index < -0.39 is 5.91 Å². The van der Waals surface area contributed by atoms with E-state index in [4.69, 9.17) is 0 Å². The number of hydrazone groups is 1. The molecule has 6 nitrogen and oxygen atoms in total. The Kier molecular flexibility index (Phi) is 8.16. The summed E-state index contributed by atoms with van der Waals surface area (Å²) in [6, 6.07) is 24.0. The molecule has 7 heteroatoms. The summed E-state index contributed by atoms with van der Waals surface area (Å²) in [5.74, 6) is -0.900. The molecule has 168 valence electrons. The molecule has 0 aliphatic heterocycles. The van der Waals surface area contributed by atoms with Crippen molar-refractivity contribution in [3.05, 3.63) is 106 Å². The summed E-state index contributed by atoms with van der Waals surface area (Å²) in [7, 11) is 3.91. The molecule has 0 saturated carbocycles. The van der Waals surface area contributed by atoms with E-state index in [1.807, 2.05) is 73.6 Å². The van der Waals surface area contributed by atoms with Gasteiger partial charge in [0.2, 0.25) is 0 Å². The van der Waals surface area contributed by atoms with Gasteiger partial charge >= 0.3 is 0 Å². The number of hydrogen-bond donors (Lipinski definition) is 2. The number of hydrogen-bond acceptors (Lipinski definition) is 4. The second-order valence-electron chi connectivity index (χ2n) is 7.51. The third-order valence-electron chi connectivity index (χ3n) is 4.84. The summed E-state index contributed by atoms with van der Waals surface area (Å²) in [5, 5.41) is 6.92. The van der Waals surface area contributed by atoms with Crippen molar-refractivity contribution in [3.8, 4) is 0 Å². The average Bonchev–Trinajstić information content (AvgIpc) is 2.83. The van der Waals surface area contributed by atoms with Crippen molar-refractivity contribution in [1.82, 2.24) is 10.7 Å². The van der Waals surface area contributed by atoms with Crippen LogP contribution in [0.15, 0.2) is 94.1 Å². The van der Waals surface area contributed by atoms with Crippen LogP contribution in [-0.2, 0) is 4.79 Å². The molecule has 3 aromatic carbocycles. The number of carbonyl (C=O) groups excluding carboxylic acids is 2. The molecular formula is C26H25BrN4O2. The van der Waals surface area contributed by atoms with Gasteiger partial charge in [-0.1, -0.05) is 58.4 Å². The Morgan fingerprint density at radius 3 is 2.12 bits per heavy atom. The third kappa shape index (κ3) is 6.89. The highest BCUT2D eigenvalue weighted by Crippen LogP contribution is 2.15. The number of benzene rings is 3. The molecule has 0 aliphatic rings. The first-order valence-corrected chi connectivity index (χ1v) is 11.1. The molecule has 0 spiro atoms. The minimum Gasteiger partial charge on any atom is -0.378 e. The van der Waals surface area contributed by atoms with Gasteiger partial charge in [0.05, 0.1) is 5.71 Å². The van der Waals surface area contributed by atoms with Crippen molar-refractivity contribution < 1.29 is 9.59 Å². The van der Waals surface area contributed by atoms with Gasteiger partial charge < -0.3 is 10.2 Å². The van der Waals surface area contributed by atoms with Gasteiger partial charge in [0.15, 0.2) is 0 Å². The minimum atomic E-state index is -0.521. The number of nitrogens with one attached hydrogen (secondary N) is 2. The summed E-state index contributed by atoms with van der Waals surface area (Å²) in [4.78, 5) is 27.7. The van der Waals surface area contributed by atoms with Crippen LogP contribution in [0.1, 0.15) is 28.4 Å². The van der Waals surface area contributed by atoms with Crippen LogP contribution in [0.2, 0.25) is 0 Å². The first kappa shape index (κ1) is 23.9. The first-order valence-electron chi connectivity index (χ1n) is 10.3. The van der Waals surface area contributed by atoms with Crippen LogP contribution < -0.4 is 15.6 Å². The zero-order valence-corrected chi connectivity index (χ0v) is 20.3. The second-order valence-corrected chi connectivity index (χ2v) is 8.42. The monoisotopic (exact) mass is 504 g/mol. The number of halogens is 1. The molecule has 33 heavy (non-hydrogen) atoms. The molecule has 2 amide bonds. The van der Waals surface area contributed by atoms with E-state index in [1.54, 1.807) is 37.3 Å². The van der Waals surface area contributed by atoms with Crippen molar-refractivity contribution >= 4 is 45.2 Å². The molecule has 3 rings (SSSR count). The van der Waals surface area contributed by atoms with Gasteiger partial charge in [-0.05, 0) is 60.5 Å². The van der Waals surface area contributed by atoms with Crippen LogP contribution >= 0.6 is 15.9 Å². The number of anilines is 1. The quantitative estimate of drug-likeness (QED) is 0.275. The fourth-order valence-corrected chi connectivity index (χ4v) is 3.19. The average molecular weight is 505 g/mol. The molecular weight excluding hydrogens is 480 g/mol. The predicted molar refractivity (Wildman–Crippen MR) is 137 cm³/mol. The number of carbonyl (C=O) groups is 2. The van der Waals surface area contributed by atoms with E-state index in [-0.39, 0.29) is 11.6 Å². The van der Waals surface area contributed by atoms with Gasteiger partial charge in [0.1, 0.15) is 5.70 Å². The summed E-state index contributed by atoms with van der Waals surface area (Å²) in [5.41, 5.74) is 6.40. The van der Waals surface area contributed by atoms with Crippen molar-refractivity contribution in [2.75, 3.05) is 19.0 Å². The van der Waals surface area contributed by atoms with Crippen LogP contribution in [-0.4, -0.2) is 31.6 Å². The van der Waals surface area contributed by atoms with Crippen molar-refractivity contribution in [1.29, 1.82) is 0 Å². The molecule has 0 fully saturated rings. The molecule has 0 aliphatic carbocycles. The van der Waals surface area contributed by atoms with E-state index in [2.05, 4.69) is 31.8 Å². The van der Waals surface area contributed by atoms with Crippen LogP contribution in [0.5, 0.6) is 0 Å². The maximum atomic E-state index is 13.0. The Hall–Kier alpha value is -3.71. The zero-order valence-electron chi connectivity index (χ0n) is 18.7. The lowest BCUT2D eigenvalue weighted by atomic mass is 10.1. The largest absolute Gasteiger partial charge is 0.378 e.